The second-order valence-corrected chi connectivity index (χ2v) is 5.21. The number of halogens is 3. The van der Waals surface area contributed by atoms with Gasteiger partial charge in [-0.15, -0.1) is 0 Å². The minimum absolute atomic E-state index is 0.0763. The molecule has 1 heterocycles. The Balaban J connectivity index is 2.29. The summed E-state index contributed by atoms with van der Waals surface area (Å²) < 4.78 is 38.1. The topological polar surface area (TPSA) is 36.4 Å². The molecule has 112 valence electrons. The molecule has 0 amide bonds. The van der Waals surface area contributed by atoms with E-state index in [0.717, 1.165) is 25.0 Å². The summed E-state index contributed by atoms with van der Waals surface area (Å²) in [6.45, 7) is 0.823. The van der Waals surface area contributed by atoms with Crippen molar-refractivity contribution in [3.8, 4) is 0 Å². The monoisotopic (exact) mass is 288 g/mol. The maximum absolute atomic E-state index is 12.7. The van der Waals surface area contributed by atoms with Gasteiger partial charge in [0.15, 0.2) is 0 Å². The highest BCUT2D eigenvalue weighted by Crippen LogP contribution is 2.34. The van der Waals surface area contributed by atoms with Gasteiger partial charge in [-0.1, -0.05) is 13.3 Å². The second-order valence-electron chi connectivity index (χ2n) is 5.21. The van der Waals surface area contributed by atoms with Crippen LogP contribution in [0.15, 0.2) is 12.1 Å². The van der Waals surface area contributed by atoms with Gasteiger partial charge in [-0.2, -0.15) is 13.2 Å². The van der Waals surface area contributed by atoms with E-state index in [2.05, 4.69) is 4.98 Å². The Kier molecular flexibility index (Phi) is 4.52. The predicted octanol–water partition coefficient (Wildman–Crippen LogP) is 3.06. The molecule has 3 nitrogen and oxygen atoms in total. The summed E-state index contributed by atoms with van der Waals surface area (Å²) in [6.07, 6.45) is -1.14. The van der Waals surface area contributed by atoms with Crippen molar-refractivity contribution in [2.45, 2.75) is 51.4 Å². The van der Waals surface area contributed by atoms with Crippen LogP contribution in [0.3, 0.4) is 0 Å². The van der Waals surface area contributed by atoms with E-state index in [1.165, 1.54) is 4.90 Å². The van der Waals surface area contributed by atoms with Crippen molar-refractivity contribution >= 4 is 5.82 Å². The van der Waals surface area contributed by atoms with Crippen LogP contribution in [0.2, 0.25) is 0 Å². The van der Waals surface area contributed by atoms with Gasteiger partial charge in [-0.3, -0.25) is 0 Å². The maximum atomic E-state index is 12.7. The van der Waals surface area contributed by atoms with E-state index in [1.54, 1.807) is 12.1 Å². The van der Waals surface area contributed by atoms with Crippen LogP contribution in [-0.2, 0) is 13.0 Å². The zero-order chi connectivity index (χ0) is 14.8. The average molecular weight is 288 g/mol. The highest BCUT2D eigenvalue weighted by atomic mass is 19.4. The first-order chi connectivity index (χ1) is 9.43. The molecule has 1 saturated carbocycles. The first-order valence-electron chi connectivity index (χ1n) is 6.87. The van der Waals surface area contributed by atoms with Crippen LogP contribution < -0.4 is 4.90 Å². The Morgan fingerprint density at radius 1 is 1.35 bits per heavy atom. The summed E-state index contributed by atoms with van der Waals surface area (Å²) >= 11 is 0. The molecule has 0 bridgehead atoms. The van der Waals surface area contributed by atoms with E-state index in [1.807, 2.05) is 6.92 Å². The fraction of sp³-hybridized carbons (Fsp3) is 0.643. The molecule has 6 heteroatoms. The number of pyridine rings is 1. The molecule has 1 aromatic rings. The maximum Gasteiger partial charge on any atom is 0.405 e. The van der Waals surface area contributed by atoms with Crippen molar-refractivity contribution in [1.82, 2.24) is 4.98 Å². The number of rotatable bonds is 6. The van der Waals surface area contributed by atoms with E-state index in [4.69, 9.17) is 0 Å². The number of anilines is 1. The van der Waals surface area contributed by atoms with Gasteiger partial charge in [0.2, 0.25) is 0 Å². The van der Waals surface area contributed by atoms with Gasteiger partial charge < -0.3 is 10.0 Å². The lowest BCUT2D eigenvalue weighted by Gasteiger charge is -2.25. The summed E-state index contributed by atoms with van der Waals surface area (Å²) in [5.41, 5.74) is 1.35. The molecule has 0 atom stereocenters. The molecule has 0 aliphatic heterocycles. The van der Waals surface area contributed by atoms with Crippen LogP contribution in [0.25, 0.3) is 0 Å². The number of aryl methyl sites for hydroxylation is 1. The van der Waals surface area contributed by atoms with E-state index < -0.39 is 12.7 Å². The van der Waals surface area contributed by atoms with Crippen LogP contribution in [0.1, 0.15) is 37.4 Å². The summed E-state index contributed by atoms with van der Waals surface area (Å²) in [5, 5.41) is 9.25. The van der Waals surface area contributed by atoms with Crippen molar-refractivity contribution in [3.05, 3.63) is 23.4 Å². The van der Waals surface area contributed by atoms with Gasteiger partial charge in [0.1, 0.15) is 12.4 Å². The number of hydrogen-bond acceptors (Lipinski definition) is 3. The molecule has 1 aromatic heterocycles. The van der Waals surface area contributed by atoms with E-state index >= 15 is 0 Å². The van der Waals surface area contributed by atoms with E-state index in [9.17, 15) is 18.3 Å². The summed E-state index contributed by atoms with van der Waals surface area (Å²) in [6, 6.07) is 3.24. The number of aliphatic hydroxyl groups excluding tert-OH is 1. The zero-order valence-electron chi connectivity index (χ0n) is 11.5. The van der Waals surface area contributed by atoms with Crippen molar-refractivity contribution < 1.29 is 18.3 Å². The summed E-state index contributed by atoms with van der Waals surface area (Å²) in [4.78, 5) is 5.65. The fourth-order valence-corrected chi connectivity index (χ4v) is 2.23. The smallest absolute Gasteiger partial charge is 0.392 e. The molecule has 0 unspecified atom stereocenters. The molecule has 20 heavy (non-hydrogen) atoms. The number of hydrogen-bond donors (Lipinski definition) is 1. The molecular weight excluding hydrogens is 269 g/mol. The second kappa shape index (κ2) is 5.99. The Bertz CT molecular complexity index is 458. The Labute approximate surface area is 116 Å². The number of aliphatic hydroxyl groups is 1. The molecule has 2 rings (SSSR count). The Morgan fingerprint density at radius 3 is 2.55 bits per heavy atom. The average Bonchev–Trinajstić information content (AvgIpc) is 3.19. The highest BCUT2D eigenvalue weighted by Gasteiger charge is 2.38. The molecule has 1 aliphatic carbocycles. The van der Waals surface area contributed by atoms with Crippen LogP contribution in [0.4, 0.5) is 19.0 Å². The summed E-state index contributed by atoms with van der Waals surface area (Å²) in [7, 11) is 0. The van der Waals surface area contributed by atoms with Crippen molar-refractivity contribution in [3.63, 3.8) is 0 Å². The molecule has 0 radical (unpaired) electrons. The Hall–Kier alpha value is -1.30. The molecule has 0 aromatic carbocycles. The first-order valence-corrected chi connectivity index (χ1v) is 6.87. The number of aromatic nitrogens is 1. The van der Waals surface area contributed by atoms with Crippen LogP contribution >= 0.6 is 0 Å². The van der Waals surface area contributed by atoms with Crippen LogP contribution in [-0.4, -0.2) is 28.9 Å². The van der Waals surface area contributed by atoms with Gasteiger partial charge >= 0.3 is 6.18 Å². The van der Waals surface area contributed by atoms with Gasteiger partial charge in [-0.25, -0.2) is 4.98 Å². The predicted molar refractivity (Wildman–Crippen MR) is 70.6 cm³/mol. The largest absolute Gasteiger partial charge is 0.405 e. The third-order valence-corrected chi connectivity index (χ3v) is 3.24. The van der Waals surface area contributed by atoms with Crippen molar-refractivity contribution in [2.24, 2.45) is 0 Å². The Morgan fingerprint density at radius 2 is 2.05 bits per heavy atom. The minimum atomic E-state index is -4.25. The SMILES string of the molecule is CCCc1cc(CO)cc(N(CC(F)(F)F)C2CC2)n1. The molecule has 1 N–H and O–H groups in total. The standard InChI is InChI=1S/C14H19F3N2O/c1-2-3-11-6-10(8-20)7-13(18-11)19(12-4-5-12)9-14(15,16)17/h6-7,12,20H,2-5,8-9H2,1H3. The summed E-state index contributed by atoms with van der Waals surface area (Å²) in [5.74, 6) is 0.333. The molecule has 0 saturated heterocycles. The quantitative estimate of drug-likeness (QED) is 0.874. The van der Waals surface area contributed by atoms with Crippen molar-refractivity contribution in [1.29, 1.82) is 0 Å². The highest BCUT2D eigenvalue weighted by molar-refractivity contribution is 5.45. The molecule has 1 fully saturated rings. The minimum Gasteiger partial charge on any atom is -0.392 e. The van der Waals surface area contributed by atoms with Gasteiger partial charge in [0.05, 0.1) is 6.61 Å². The van der Waals surface area contributed by atoms with Crippen LogP contribution in [0.5, 0.6) is 0 Å². The third-order valence-electron chi connectivity index (χ3n) is 3.24. The number of nitrogens with zero attached hydrogens (tertiary/aromatic N) is 2. The number of alkyl halides is 3. The van der Waals surface area contributed by atoms with Crippen LogP contribution in [0, 0.1) is 0 Å². The molecular formula is C14H19F3N2O. The lowest BCUT2D eigenvalue weighted by atomic mass is 10.1. The third kappa shape index (κ3) is 4.10. The lowest BCUT2D eigenvalue weighted by molar-refractivity contribution is -0.120. The van der Waals surface area contributed by atoms with Crippen molar-refractivity contribution in [2.75, 3.05) is 11.4 Å². The fourth-order valence-electron chi connectivity index (χ4n) is 2.23. The van der Waals surface area contributed by atoms with E-state index in [0.29, 0.717) is 17.8 Å². The normalized spacial score (nSPS) is 15.4. The zero-order valence-corrected chi connectivity index (χ0v) is 11.5. The van der Waals surface area contributed by atoms with Gasteiger partial charge in [0, 0.05) is 11.7 Å². The van der Waals surface area contributed by atoms with Gasteiger partial charge in [-0.05, 0) is 37.0 Å². The van der Waals surface area contributed by atoms with E-state index in [-0.39, 0.29) is 12.6 Å². The lowest BCUT2D eigenvalue weighted by Crippen LogP contribution is -2.36. The first kappa shape index (κ1) is 15.1. The molecule has 1 aliphatic rings. The molecule has 0 spiro atoms. The van der Waals surface area contributed by atoms with Gasteiger partial charge in [0.25, 0.3) is 0 Å².